The Morgan fingerprint density at radius 1 is 0.933 bits per heavy atom. The van der Waals surface area contributed by atoms with Gasteiger partial charge in [0.1, 0.15) is 0 Å². The molecule has 0 unspecified atom stereocenters. The minimum atomic E-state index is -1.21. The van der Waals surface area contributed by atoms with Crippen molar-refractivity contribution in [1.29, 1.82) is 0 Å². The van der Waals surface area contributed by atoms with Crippen LogP contribution < -0.4 is 20.8 Å². The van der Waals surface area contributed by atoms with Gasteiger partial charge in [-0.2, -0.15) is 0 Å². The second kappa shape index (κ2) is 16.0. The third kappa shape index (κ3) is 31.7. The first-order valence-corrected chi connectivity index (χ1v) is 3.57. The molecule has 0 saturated heterocycles. The number of hydrogen-bond acceptors (Lipinski definition) is 8. The molecule has 0 radical (unpaired) electrons. The van der Waals surface area contributed by atoms with Crippen LogP contribution in [0.25, 0.3) is 0 Å². The summed E-state index contributed by atoms with van der Waals surface area (Å²) in [6, 6.07) is 0. The van der Waals surface area contributed by atoms with Gasteiger partial charge in [-0.05, 0) is 0 Å². The number of carboxylic acids is 2. The molecule has 0 fully saturated rings. The molecule has 4 N–H and O–H groups in total. The van der Waals surface area contributed by atoms with Gasteiger partial charge < -0.3 is 30.0 Å². The Labute approximate surface area is 102 Å². The Morgan fingerprint density at radius 3 is 1.27 bits per heavy atom. The molecule has 0 aliphatic carbocycles. The Hall–Kier alpha value is -0.454. The zero-order chi connectivity index (χ0) is 11.4. The number of aliphatic hydroxyl groups is 2. The maximum Gasteiger partial charge on any atom is 2.00 e. The molecular formula is C6H12MgN2O6. The fraction of sp³-hybridized carbons (Fsp3) is 0.667. The molecule has 0 aromatic carbocycles. The van der Waals surface area contributed by atoms with Crippen molar-refractivity contribution in [3.8, 4) is 0 Å². The maximum atomic E-state index is 9.47. The second-order valence-electron chi connectivity index (χ2n) is 1.91. The average molecular weight is 232 g/mol. The number of rotatable bonds is 6. The fourth-order valence-electron chi connectivity index (χ4n) is 0.316. The standard InChI is InChI=1S/2C3H7NO3.Mg/c2*5-2-4-1-3(6)7;/h2*4-5H,1-2H2,(H,6,7);/q;;+2/p-2. The molecule has 0 atom stereocenters. The average Bonchev–Trinajstić information content (AvgIpc) is 2.12. The molecule has 0 bridgehead atoms. The van der Waals surface area contributed by atoms with Crippen molar-refractivity contribution in [3.63, 3.8) is 0 Å². The minimum absolute atomic E-state index is 0. The summed E-state index contributed by atoms with van der Waals surface area (Å²) in [6.45, 7) is -1.24. The van der Waals surface area contributed by atoms with Crippen LogP contribution in [0.5, 0.6) is 0 Å². The molecule has 0 aliphatic heterocycles. The van der Waals surface area contributed by atoms with E-state index in [1.54, 1.807) is 0 Å². The largest absolute Gasteiger partial charge is 2.00 e. The summed E-state index contributed by atoms with van der Waals surface area (Å²) < 4.78 is 0. The maximum absolute atomic E-state index is 9.47. The van der Waals surface area contributed by atoms with E-state index >= 15 is 0 Å². The molecule has 0 rings (SSSR count). The van der Waals surface area contributed by atoms with Crippen LogP contribution in [0.1, 0.15) is 0 Å². The van der Waals surface area contributed by atoms with Crippen LogP contribution in [-0.2, 0) is 9.59 Å². The van der Waals surface area contributed by atoms with E-state index in [-0.39, 0.29) is 49.6 Å². The van der Waals surface area contributed by atoms with Crippen molar-refractivity contribution in [2.45, 2.75) is 0 Å². The van der Waals surface area contributed by atoms with Gasteiger partial charge in [-0.3, -0.25) is 10.6 Å². The van der Waals surface area contributed by atoms with Gasteiger partial charge in [0.05, 0.1) is 25.4 Å². The molecule has 9 heteroatoms. The van der Waals surface area contributed by atoms with Crippen LogP contribution in [-0.4, -0.2) is 71.8 Å². The molecule has 0 saturated carbocycles. The van der Waals surface area contributed by atoms with Gasteiger partial charge in [0.15, 0.2) is 0 Å². The number of carbonyl (C=O) groups excluding carboxylic acids is 2. The molecule has 84 valence electrons. The third-order valence-electron chi connectivity index (χ3n) is 0.762. The predicted molar refractivity (Wildman–Crippen MR) is 45.9 cm³/mol. The van der Waals surface area contributed by atoms with E-state index in [2.05, 4.69) is 10.6 Å². The smallest absolute Gasteiger partial charge is 0.549 e. The van der Waals surface area contributed by atoms with E-state index < -0.39 is 11.9 Å². The van der Waals surface area contributed by atoms with Gasteiger partial charge in [0.2, 0.25) is 0 Å². The monoisotopic (exact) mass is 232 g/mol. The third-order valence-corrected chi connectivity index (χ3v) is 0.762. The van der Waals surface area contributed by atoms with Crippen molar-refractivity contribution < 1.29 is 30.0 Å². The van der Waals surface area contributed by atoms with Gasteiger partial charge in [-0.25, -0.2) is 0 Å². The zero-order valence-corrected chi connectivity index (χ0v) is 9.48. The summed E-state index contributed by atoms with van der Waals surface area (Å²) in [6.07, 6.45) is 0. The number of nitrogens with one attached hydrogen (secondary N) is 2. The predicted octanol–water partition coefficient (Wildman–Crippen LogP) is -5.83. The van der Waals surface area contributed by atoms with Crippen molar-refractivity contribution in [2.24, 2.45) is 0 Å². The summed E-state index contributed by atoms with van der Waals surface area (Å²) >= 11 is 0. The van der Waals surface area contributed by atoms with Crippen LogP contribution in [0.4, 0.5) is 0 Å². The summed E-state index contributed by atoms with van der Waals surface area (Å²) in [5.74, 6) is -2.43. The minimum Gasteiger partial charge on any atom is -0.549 e. The van der Waals surface area contributed by atoms with E-state index in [0.717, 1.165) is 0 Å². The summed E-state index contributed by atoms with van der Waals surface area (Å²) in [7, 11) is 0. The van der Waals surface area contributed by atoms with Crippen molar-refractivity contribution in [3.05, 3.63) is 0 Å². The van der Waals surface area contributed by atoms with Gasteiger partial charge in [-0.1, -0.05) is 0 Å². The first-order chi connectivity index (χ1) is 6.54. The number of aliphatic hydroxyl groups excluding tert-OH is 2. The normalized spacial score (nSPS) is 8.13. The van der Waals surface area contributed by atoms with Crippen molar-refractivity contribution in [2.75, 3.05) is 26.6 Å². The van der Waals surface area contributed by atoms with Crippen LogP contribution in [0.3, 0.4) is 0 Å². The van der Waals surface area contributed by atoms with Crippen LogP contribution >= 0.6 is 0 Å². The molecule has 0 spiro atoms. The zero-order valence-electron chi connectivity index (χ0n) is 8.06. The summed E-state index contributed by atoms with van der Waals surface area (Å²) in [5.41, 5.74) is 0. The van der Waals surface area contributed by atoms with Crippen LogP contribution in [0, 0.1) is 0 Å². The molecule has 15 heavy (non-hydrogen) atoms. The van der Waals surface area contributed by atoms with Crippen molar-refractivity contribution >= 4 is 35.0 Å². The number of carboxylic acid groups (broad SMARTS) is 2. The van der Waals surface area contributed by atoms with Crippen LogP contribution in [0.2, 0.25) is 0 Å². The van der Waals surface area contributed by atoms with Gasteiger partial charge in [-0.15, -0.1) is 0 Å². The first-order valence-electron chi connectivity index (χ1n) is 3.57. The van der Waals surface area contributed by atoms with E-state index in [1.165, 1.54) is 0 Å². The number of carbonyl (C=O) groups is 2. The Morgan fingerprint density at radius 2 is 1.20 bits per heavy atom. The first kappa shape index (κ1) is 20.0. The molecule has 8 nitrogen and oxygen atoms in total. The SMILES string of the molecule is O=C([O-])CNCO.O=C([O-])CNCO.[Mg+2]. The Kier molecular flexibility index (Phi) is 21.3. The quantitative estimate of drug-likeness (QED) is 0.262. The van der Waals surface area contributed by atoms with E-state index in [4.69, 9.17) is 10.2 Å². The Balaban J connectivity index is -0.000000180. The summed E-state index contributed by atoms with van der Waals surface area (Å²) in [5, 5.41) is 39.1. The number of hydrogen-bond donors (Lipinski definition) is 4. The topological polar surface area (TPSA) is 145 Å². The molecule has 0 aromatic heterocycles. The molecule has 0 heterocycles. The van der Waals surface area contributed by atoms with Crippen LogP contribution in [0.15, 0.2) is 0 Å². The molecular weight excluding hydrogens is 220 g/mol. The number of aliphatic carboxylic acids is 2. The van der Waals surface area contributed by atoms with Gasteiger partial charge >= 0.3 is 23.1 Å². The molecule has 0 aliphatic rings. The van der Waals surface area contributed by atoms with E-state index in [1.807, 2.05) is 0 Å². The van der Waals surface area contributed by atoms with E-state index in [9.17, 15) is 19.8 Å². The summed E-state index contributed by atoms with van der Waals surface area (Å²) in [4.78, 5) is 18.9. The molecule has 0 aromatic rings. The van der Waals surface area contributed by atoms with Gasteiger partial charge in [0.25, 0.3) is 0 Å². The van der Waals surface area contributed by atoms with Crippen molar-refractivity contribution in [1.82, 2.24) is 10.6 Å². The van der Waals surface area contributed by atoms with E-state index in [0.29, 0.717) is 0 Å². The molecule has 0 amide bonds. The van der Waals surface area contributed by atoms with Gasteiger partial charge in [0, 0.05) is 13.1 Å². The Bertz CT molecular complexity index is 150. The second-order valence-corrected chi connectivity index (χ2v) is 1.91. The fourth-order valence-corrected chi connectivity index (χ4v) is 0.316.